The Labute approximate surface area is 158 Å². The number of halogens is 2. The lowest BCUT2D eigenvalue weighted by Crippen LogP contribution is -2.60. The molecule has 1 heterocycles. The zero-order chi connectivity index (χ0) is 17.9. The van der Waals surface area contributed by atoms with Crippen molar-refractivity contribution in [3.8, 4) is 0 Å². The van der Waals surface area contributed by atoms with E-state index in [4.69, 9.17) is 23.2 Å². The molecule has 0 spiro atoms. The Kier molecular flexibility index (Phi) is 5.40. The molecule has 2 aromatic rings. The van der Waals surface area contributed by atoms with E-state index in [0.717, 1.165) is 30.6 Å². The van der Waals surface area contributed by atoms with E-state index in [2.05, 4.69) is 10.7 Å². The standard InChI is InChI=1S/C19H21Cl2N3O/c1-19(11-5-6-12-20)22-17-10-9-14(21)13-16(17)18(25)24(19)23-15-7-3-2-4-8-15/h2-4,7-10,13,22-23H,5-6,11-12H2,1H3. The van der Waals surface area contributed by atoms with E-state index in [9.17, 15) is 4.79 Å². The number of rotatable bonds is 6. The molecular formula is C19H21Cl2N3O. The van der Waals surface area contributed by atoms with Crippen molar-refractivity contribution in [2.75, 3.05) is 16.6 Å². The summed E-state index contributed by atoms with van der Waals surface area (Å²) in [6, 6.07) is 15.0. The predicted octanol–water partition coefficient (Wildman–Crippen LogP) is 5.36. The predicted molar refractivity (Wildman–Crippen MR) is 104 cm³/mol. The fourth-order valence-electron chi connectivity index (χ4n) is 3.05. The molecule has 0 aliphatic carbocycles. The van der Waals surface area contributed by atoms with Crippen molar-refractivity contribution in [1.82, 2.24) is 5.01 Å². The molecule has 0 saturated carbocycles. The summed E-state index contributed by atoms with van der Waals surface area (Å²) < 4.78 is 0. The number of fused-ring (bicyclic) bond motifs is 1. The fourth-order valence-corrected chi connectivity index (χ4v) is 3.41. The molecule has 2 N–H and O–H groups in total. The molecule has 25 heavy (non-hydrogen) atoms. The van der Waals surface area contributed by atoms with E-state index in [1.165, 1.54) is 0 Å². The maximum Gasteiger partial charge on any atom is 0.276 e. The molecule has 0 saturated heterocycles. The minimum absolute atomic E-state index is 0.103. The van der Waals surface area contributed by atoms with Crippen LogP contribution in [0.5, 0.6) is 0 Å². The van der Waals surface area contributed by atoms with Gasteiger partial charge in [-0.05, 0) is 56.5 Å². The zero-order valence-electron chi connectivity index (χ0n) is 14.1. The van der Waals surface area contributed by atoms with Gasteiger partial charge in [-0.25, -0.2) is 5.01 Å². The Balaban J connectivity index is 1.95. The largest absolute Gasteiger partial charge is 0.361 e. The number of hydrogen-bond acceptors (Lipinski definition) is 3. The van der Waals surface area contributed by atoms with Gasteiger partial charge in [0.1, 0.15) is 5.66 Å². The lowest BCUT2D eigenvalue weighted by molar-refractivity contribution is 0.0598. The first kappa shape index (κ1) is 17.9. The second kappa shape index (κ2) is 7.54. The van der Waals surface area contributed by atoms with Crippen LogP contribution in [0.2, 0.25) is 5.02 Å². The van der Waals surface area contributed by atoms with Crippen molar-refractivity contribution in [1.29, 1.82) is 0 Å². The van der Waals surface area contributed by atoms with Crippen LogP contribution in [-0.2, 0) is 0 Å². The summed E-state index contributed by atoms with van der Waals surface area (Å²) in [5, 5.41) is 5.70. The summed E-state index contributed by atoms with van der Waals surface area (Å²) in [4.78, 5) is 13.2. The Morgan fingerprint density at radius 1 is 1.16 bits per heavy atom. The average Bonchev–Trinajstić information content (AvgIpc) is 2.61. The number of hydrazine groups is 1. The molecule has 1 atom stereocenters. The number of carbonyl (C=O) groups excluding carboxylic acids is 1. The number of alkyl halides is 1. The van der Waals surface area contributed by atoms with Gasteiger partial charge in [0, 0.05) is 16.6 Å². The van der Waals surface area contributed by atoms with Gasteiger partial charge in [-0.2, -0.15) is 0 Å². The molecule has 0 bridgehead atoms. The number of benzene rings is 2. The van der Waals surface area contributed by atoms with Gasteiger partial charge in [-0.3, -0.25) is 10.2 Å². The van der Waals surface area contributed by atoms with Crippen molar-refractivity contribution in [3.05, 3.63) is 59.1 Å². The van der Waals surface area contributed by atoms with Crippen LogP contribution in [0.3, 0.4) is 0 Å². The fraction of sp³-hybridized carbons (Fsp3) is 0.316. The number of nitrogens with one attached hydrogen (secondary N) is 2. The molecular weight excluding hydrogens is 357 g/mol. The van der Waals surface area contributed by atoms with Gasteiger partial charge >= 0.3 is 0 Å². The lowest BCUT2D eigenvalue weighted by Gasteiger charge is -2.46. The highest BCUT2D eigenvalue weighted by Gasteiger charge is 2.41. The van der Waals surface area contributed by atoms with E-state index >= 15 is 0 Å². The van der Waals surface area contributed by atoms with Gasteiger partial charge < -0.3 is 5.32 Å². The number of hydrogen-bond donors (Lipinski definition) is 2. The molecule has 4 nitrogen and oxygen atoms in total. The van der Waals surface area contributed by atoms with E-state index in [0.29, 0.717) is 16.5 Å². The summed E-state index contributed by atoms with van der Waals surface area (Å²) in [6.45, 7) is 2.02. The van der Waals surface area contributed by atoms with Crippen molar-refractivity contribution in [2.24, 2.45) is 0 Å². The first-order chi connectivity index (χ1) is 12.0. The lowest BCUT2D eigenvalue weighted by atomic mass is 9.97. The third-order valence-corrected chi connectivity index (χ3v) is 4.88. The molecule has 0 radical (unpaired) electrons. The van der Waals surface area contributed by atoms with Gasteiger partial charge in [-0.15, -0.1) is 11.6 Å². The van der Waals surface area contributed by atoms with Crippen molar-refractivity contribution in [2.45, 2.75) is 31.8 Å². The maximum atomic E-state index is 13.2. The second-order valence-corrected chi connectivity index (χ2v) is 7.17. The molecule has 0 fully saturated rings. The Morgan fingerprint density at radius 3 is 2.64 bits per heavy atom. The van der Waals surface area contributed by atoms with Crippen LogP contribution in [0.1, 0.15) is 36.5 Å². The van der Waals surface area contributed by atoms with Gasteiger partial charge in [0.05, 0.1) is 11.3 Å². The summed E-state index contributed by atoms with van der Waals surface area (Å²) in [5.74, 6) is 0.510. The van der Waals surface area contributed by atoms with Crippen LogP contribution < -0.4 is 10.7 Å². The average molecular weight is 378 g/mol. The van der Waals surface area contributed by atoms with Crippen LogP contribution in [-0.4, -0.2) is 22.5 Å². The van der Waals surface area contributed by atoms with E-state index in [1.807, 2.05) is 43.3 Å². The number of para-hydroxylation sites is 1. The normalized spacial score (nSPS) is 19.3. The van der Waals surface area contributed by atoms with Crippen LogP contribution in [0.15, 0.2) is 48.5 Å². The van der Waals surface area contributed by atoms with E-state index < -0.39 is 5.66 Å². The molecule has 1 unspecified atom stereocenters. The third kappa shape index (κ3) is 3.86. The third-order valence-electron chi connectivity index (χ3n) is 4.37. The van der Waals surface area contributed by atoms with Crippen molar-refractivity contribution >= 4 is 40.5 Å². The molecule has 1 aliphatic rings. The molecule has 2 aromatic carbocycles. The van der Waals surface area contributed by atoms with E-state index in [-0.39, 0.29) is 5.91 Å². The van der Waals surface area contributed by atoms with Crippen molar-refractivity contribution in [3.63, 3.8) is 0 Å². The smallest absolute Gasteiger partial charge is 0.276 e. The SMILES string of the molecule is CC1(CCCCCl)Nc2ccc(Cl)cc2C(=O)N1Nc1ccccc1. The van der Waals surface area contributed by atoms with Crippen LogP contribution >= 0.6 is 23.2 Å². The highest BCUT2D eigenvalue weighted by atomic mass is 35.5. The first-order valence-electron chi connectivity index (χ1n) is 8.33. The second-order valence-electron chi connectivity index (χ2n) is 6.35. The highest BCUT2D eigenvalue weighted by molar-refractivity contribution is 6.31. The minimum atomic E-state index is -0.570. The highest BCUT2D eigenvalue weighted by Crippen LogP contribution is 2.35. The summed E-state index contributed by atoms with van der Waals surface area (Å²) in [5.41, 5.74) is 4.90. The molecule has 0 aromatic heterocycles. The van der Waals surface area contributed by atoms with E-state index in [1.54, 1.807) is 17.1 Å². The van der Waals surface area contributed by atoms with Crippen molar-refractivity contribution < 1.29 is 4.79 Å². The van der Waals surface area contributed by atoms with Crippen LogP contribution in [0, 0.1) is 0 Å². The Morgan fingerprint density at radius 2 is 1.92 bits per heavy atom. The molecule has 6 heteroatoms. The Bertz CT molecular complexity index is 754. The quantitative estimate of drug-likeness (QED) is 0.525. The zero-order valence-corrected chi connectivity index (χ0v) is 15.6. The van der Waals surface area contributed by atoms with Gasteiger partial charge in [0.15, 0.2) is 0 Å². The topological polar surface area (TPSA) is 44.4 Å². The summed E-state index contributed by atoms with van der Waals surface area (Å²) >= 11 is 11.9. The molecule has 3 rings (SSSR count). The van der Waals surface area contributed by atoms with Crippen LogP contribution in [0.25, 0.3) is 0 Å². The summed E-state index contributed by atoms with van der Waals surface area (Å²) in [6.07, 6.45) is 2.59. The number of carbonyl (C=O) groups is 1. The number of unbranched alkanes of at least 4 members (excludes halogenated alkanes) is 1. The minimum Gasteiger partial charge on any atom is -0.361 e. The number of nitrogens with zero attached hydrogens (tertiary/aromatic N) is 1. The number of amides is 1. The maximum absolute atomic E-state index is 13.2. The molecule has 132 valence electrons. The van der Waals surface area contributed by atoms with Crippen LogP contribution in [0.4, 0.5) is 11.4 Å². The molecule has 1 amide bonds. The van der Waals surface area contributed by atoms with Gasteiger partial charge in [-0.1, -0.05) is 29.8 Å². The summed E-state index contributed by atoms with van der Waals surface area (Å²) in [7, 11) is 0. The Hall–Kier alpha value is -1.91. The van der Waals surface area contributed by atoms with Gasteiger partial charge in [0.25, 0.3) is 5.91 Å². The first-order valence-corrected chi connectivity index (χ1v) is 9.25. The monoisotopic (exact) mass is 377 g/mol. The molecule has 1 aliphatic heterocycles. The number of anilines is 2. The van der Waals surface area contributed by atoms with Gasteiger partial charge in [0.2, 0.25) is 0 Å².